The van der Waals surface area contributed by atoms with Crippen molar-refractivity contribution >= 4 is 11.8 Å². The van der Waals surface area contributed by atoms with E-state index in [-0.39, 0.29) is 5.91 Å². The summed E-state index contributed by atoms with van der Waals surface area (Å²) in [5.74, 6) is -0.154. The number of ether oxygens (including phenoxy) is 1. The maximum atomic E-state index is 11.9. The number of nitrogens with one attached hydrogen (secondary N) is 1. The second kappa shape index (κ2) is 7.95. The molecule has 6 nitrogen and oxygen atoms in total. The van der Waals surface area contributed by atoms with Crippen LogP contribution in [0.3, 0.4) is 0 Å². The highest BCUT2D eigenvalue weighted by Crippen LogP contribution is 2.12. The predicted octanol–water partition coefficient (Wildman–Crippen LogP) is 0.981. The third-order valence-electron chi connectivity index (χ3n) is 3.25. The van der Waals surface area contributed by atoms with Gasteiger partial charge in [-0.3, -0.25) is 9.59 Å². The topological polar surface area (TPSA) is 107 Å². The smallest absolute Gasteiger partial charge is 0.248 e. The van der Waals surface area contributed by atoms with Gasteiger partial charge in [0.15, 0.2) is 0 Å². The molecule has 0 aliphatic carbocycles. The second-order valence-corrected chi connectivity index (χ2v) is 4.92. The minimum Gasteiger partial charge on any atom is -0.492 e. The van der Waals surface area contributed by atoms with Gasteiger partial charge in [0.1, 0.15) is 18.4 Å². The van der Waals surface area contributed by atoms with Crippen molar-refractivity contribution in [3.63, 3.8) is 0 Å². The van der Waals surface area contributed by atoms with Crippen molar-refractivity contribution in [3.05, 3.63) is 65.7 Å². The third kappa shape index (κ3) is 4.82. The van der Waals surface area contributed by atoms with Crippen LogP contribution in [0.25, 0.3) is 0 Å². The fraction of sp³-hybridized carbons (Fsp3) is 0.176. The number of carbonyl (C=O) groups excluding carboxylic acids is 2. The molecule has 0 aliphatic heterocycles. The number of amides is 2. The molecule has 2 rings (SSSR count). The molecular weight excluding hydrogens is 294 g/mol. The number of primary amides is 1. The van der Waals surface area contributed by atoms with Crippen LogP contribution >= 0.6 is 0 Å². The van der Waals surface area contributed by atoms with Crippen LogP contribution in [0.5, 0.6) is 5.75 Å². The fourth-order valence-electron chi connectivity index (χ4n) is 1.98. The molecule has 0 fully saturated rings. The molecule has 2 aromatic carbocycles. The molecule has 0 bridgehead atoms. The Bertz CT molecular complexity index is 657. The van der Waals surface area contributed by atoms with Gasteiger partial charge in [0.2, 0.25) is 11.8 Å². The minimum absolute atomic E-state index is 0.260. The van der Waals surface area contributed by atoms with Crippen LogP contribution in [-0.2, 0) is 4.79 Å². The van der Waals surface area contributed by atoms with E-state index in [0.29, 0.717) is 24.5 Å². The van der Waals surface area contributed by atoms with E-state index in [9.17, 15) is 9.59 Å². The summed E-state index contributed by atoms with van der Waals surface area (Å²) < 4.78 is 5.47. The highest BCUT2D eigenvalue weighted by molar-refractivity contribution is 5.92. The summed E-state index contributed by atoms with van der Waals surface area (Å²) in [5.41, 5.74) is 12.2. The van der Waals surface area contributed by atoms with Crippen molar-refractivity contribution in [3.8, 4) is 5.75 Å². The zero-order valence-electron chi connectivity index (χ0n) is 12.6. The van der Waals surface area contributed by atoms with Crippen molar-refractivity contribution < 1.29 is 14.3 Å². The molecule has 0 unspecified atom stereocenters. The van der Waals surface area contributed by atoms with Crippen molar-refractivity contribution in [2.45, 2.75) is 6.04 Å². The maximum Gasteiger partial charge on any atom is 0.248 e. The Hall–Kier alpha value is -2.86. The van der Waals surface area contributed by atoms with Gasteiger partial charge in [0.05, 0.1) is 6.54 Å². The molecule has 6 heteroatoms. The fourth-order valence-corrected chi connectivity index (χ4v) is 1.98. The van der Waals surface area contributed by atoms with Gasteiger partial charge in [-0.25, -0.2) is 0 Å². The summed E-state index contributed by atoms with van der Waals surface area (Å²) in [5, 5.41) is 2.72. The minimum atomic E-state index is -0.703. The molecule has 0 aromatic heterocycles. The molecule has 5 N–H and O–H groups in total. The molecule has 2 aromatic rings. The van der Waals surface area contributed by atoms with Crippen LogP contribution in [-0.4, -0.2) is 25.0 Å². The Morgan fingerprint density at radius 1 is 1.04 bits per heavy atom. The summed E-state index contributed by atoms with van der Waals surface area (Å²) in [6.07, 6.45) is 0. The molecule has 120 valence electrons. The van der Waals surface area contributed by atoms with Crippen LogP contribution in [0.1, 0.15) is 22.0 Å². The number of benzene rings is 2. The summed E-state index contributed by atoms with van der Waals surface area (Å²) >= 11 is 0. The Balaban J connectivity index is 1.74. The Labute approximate surface area is 134 Å². The van der Waals surface area contributed by atoms with E-state index in [2.05, 4.69) is 5.32 Å². The van der Waals surface area contributed by atoms with Crippen LogP contribution in [0.15, 0.2) is 54.6 Å². The monoisotopic (exact) mass is 313 g/mol. The maximum absolute atomic E-state index is 11.9. The molecule has 1 atom stereocenters. The average Bonchev–Trinajstić information content (AvgIpc) is 2.59. The lowest BCUT2D eigenvalue weighted by molar-refractivity contribution is -0.122. The average molecular weight is 313 g/mol. The summed E-state index contributed by atoms with van der Waals surface area (Å²) in [6.45, 7) is 0.625. The number of rotatable bonds is 7. The van der Waals surface area contributed by atoms with Crippen LogP contribution in [0.4, 0.5) is 0 Å². The SMILES string of the molecule is NC(=O)c1ccc(OCCNC(=O)[C@H](N)c2ccccc2)cc1. The predicted molar refractivity (Wildman–Crippen MR) is 86.8 cm³/mol. The molecule has 0 radical (unpaired) electrons. The largest absolute Gasteiger partial charge is 0.492 e. The van der Waals surface area contributed by atoms with Crippen LogP contribution in [0, 0.1) is 0 Å². The zero-order chi connectivity index (χ0) is 16.7. The normalized spacial score (nSPS) is 11.5. The second-order valence-electron chi connectivity index (χ2n) is 4.92. The number of hydrogen-bond acceptors (Lipinski definition) is 4. The van der Waals surface area contributed by atoms with Gasteiger partial charge in [-0.05, 0) is 29.8 Å². The van der Waals surface area contributed by atoms with Crippen molar-refractivity contribution in [2.75, 3.05) is 13.2 Å². The lowest BCUT2D eigenvalue weighted by Gasteiger charge is -2.13. The van der Waals surface area contributed by atoms with Gasteiger partial charge >= 0.3 is 0 Å². The molecule has 0 saturated heterocycles. The van der Waals surface area contributed by atoms with Gasteiger partial charge in [0.25, 0.3) is 0 Å². The van der Waals surface area contributed by atoms with E-state index in [1.54, 1.807) is 36.4 Å². The van der Waals surface area contributed by atoms with Crippen LogP contribution < -0.4 is 21.5 Å². The van der Waals surface area contributed by atoms with Gasteiger partial charge in [0, 0.05) is 5.56 Å². The van der Waals surface area contributed by atoms with E-state index in [1.807, 2.05) is 18.2 Å². The summed E-state index contributed by atoms with van der Waals surface area (Å²) in [6, 6.07) is 14.9. The molecule has 23 heavy (non-hydrogen) atoms. The van der Waals surface area contributed by atoms with Gasteiger partial charge in [-0.1, -0.05) is 30.3 Å². The number of hydrogen-bond donors (Lipinski definition) is 3. The molecule has 2 amide bonds. The molecule has 0 aliphatic rings. The van der Waals surface area contributed by atoms with Gasteiger partial charge in [-0.2, -0.15) is 0 Å². The molecule has 0 saturated carbocycles. The van der Waals surface area contributed by atoms with Gasteiger partial charge < -0.3 is 21.5 Å². The van der Waals surface area contributed by atoms with E-state index in [0.717, 1.165) is 5.56 Å². The first-order chi connectivity index (χ1) is 11.1. The third-order valence-corrected chi connectivity index (χ3v) is 3.25. The van der Waals surface area contributed by atoms with Gasteiger partial charge in [-0.15, -0.1) is 0 Å². The standard InChI is InChI=1S/C17H19N3O3/c18-15(12-4-2-1-3-5-12)17(22)20-10-11-23-14-8-6-13(7-9-14)16(19)21/h1-9,15H,10-11,18H2,(H2,19,21)(H,20,22)/t15-/m1/s1. The van der Waals surface area contributed by atoms with Crippen molar-refractivity contribution in [2.24, 2.45) is 11.5 Å². The lowest BCUT2D eigenvalue weighted by atomic mass is 10.1. The summed E-state index contributed by atoms with van der Waals surface area (Å²) in [7, 11) is 0. The first kappa shape index (κ1) is 16.5. The van der Waals surface area contributed by atoms with Crippen molar-refractivity contribution in [1.82, 2.24) is 5.32 Å². The molecule has 0 heterocycles. The number of nitrogens with two attached hydrogens (primary N) is 2. The zero-order valence-corrected chi connectivity index (χ0v) is 12.6. The van der Waals surface area contributed by atoms with E-state index >= 15 is 0 Å². The molecular formula is C17H19N3O3. The first-order valence-corrected chi connectivity index (χ1v) is 7.19. The van der Waals surface area contributed by atoms with E-state index in [4.69, 9.17) is 16.2 Å². The van der Waals surface area contributed by atoms with E-state index in [1.165, 1.54) is 0 Å². The molecule has 0 spiro atoms. The number of carbonyl (C=O) groups is 2. The van der Waals surface area contributed by atoms with Crippen LogP contribution in [0.2, 0.25) is 0 Å². The Kier molecular flexibility index (Phi) is 5.71. The highest BCUT2D eigenvalue weighted by atomic mass is 16.5. The lowest BCUT2D eigenvalue weighted by Crippen LogP contribution is -2.36. The highest BCUT2D eigenvalue weighted by Gasteiger charge is 2.14. The summed E-state index contributed by atoms with van der Waals surface area (Å²) in [4.78, 5) is 22.9. The quantitative estimate of drug-likeness (QED) is 0.662. The first-order valence-electron chi connectivity index (χ1n) is 7.19. The van der Waals surface area contributed by atoms with Crippen molar-refractivity contribution in [1.29, 1.82) is 0 Å². The Morgan fingerprint density at radius 3 is 2.30 bits per heavy atom. The van der Waals surface area contributed by atoms with E-state index < -0.39 is 11.9 Å². The Morgan fingerprint density at radius 2 is 1.70 bits per heavy atom.